The highest BCUT2D eigenvalue weighted by molar-refractivity contribution is 6.33. The van der Waals surface area contributed by atoms with Crippen LogP contribution in [0.4, 0.5) is 0 Å². The lowest BCUT2D eigenvalue weighted by Crippen LogP contribution is -2.30. The monoisotopic (exact) mass is 418 g/mol. The van der Waals surface area contributed by atoms with E-state index < -0.39 is 6.10 Å². The second-order valence-corrected chi connectivity index (χ2v) is 8.45. The van der Waals surface area contributed by atoms with Crippen molar-refractivity contribution in [1.29, 1.82) is 0 Å². The molecule has 1 atom stereocenters. The molecular formula is C23H22N4O4. The number of fused-ring (bicyclic) bond motifs is 3. The first-order chi connectivity index (χ1) is 14.9. The zero-order valence-corrected chi connectivity index (χ0v) is 17.2. The number of aromatic nitrogens is 4. The van der Waals surface area contributed by atoms with Crippen LogP contribution in [0.15, 0.2) is 42.0 Å². The van der Waals surface area contributed by atoms with Crippen molar-refractivity contribution in [3.05, 3.63) is 64.2 Å². The molecule has 0 radical (unpaired) electrons. The van der Waals surface area contributed by atoms with Crippen LogP contribution in [0.3, 0.4) is 0 Å². The second-order valence-electron chi connectivity index (χ2n) is 8.45. The summed E-state index contributed by atoms with van der Waals surface area (Å²) in [5.74, 6) is 1.09. The van der Waals surface area contributed by atoms with Gasteiger partial charge in [0.15, 0.2) is 5.78 Å². The van der Waals surface area contributed by atoms with Crippen molar-refractivity contribution in [3.8, 4) is 17.1 Å². The number of aliphatic hydroxyl groups excluding tert-OH is 2. The molecule has 1 heterocycles. The number of carbonyl (C=O) groups is 1. The van der Waals surface area contributed by atoms with Crippen LogP contribution in [-0.2, 0) is 11.8 Å². The first-order valence-corrected chi connectivity index (χ1v) is 10.1. The van der Waals surface area contributed by atoms with Gasteiger partial charge in [-0.25, -0.2) is 0 Å². The molecule has 0 spiro atoms. The number of benzene rings is 2. The van der Waals surface area contributed by atoms with Crippen LogP contribution < -0.4 is 4.74 Å². The maximum absolute atomic E-state index is 13.5. The van der Waals surface area contributed by atoms with Crippen molar-refractivity contribution in [2.45, 2.75) is 31.8 Å². The Morgan fingerprint density at radius 1 is 1.19 bits per heavy atom. The Hall–Kier alpha value is -3.36. The summed E-state index contributed by atoms with van der Waals surface area (Å²) in [6, 6.07) is 11.3. The maximum Gasteiger partial charge on any atom is 0.204 e. The van der Waals surface area contributed by atoms with Crippen molar-refractivity contribution in [3.63, 3.8) is 0 Å². The Balaban J connectivity index is 1.52. The molecule has 2 aliphatic rings. The summed E-state index contributed by atoms with van der Waals surface area (Å²) in [7, 11) is 0. The quantitative estimate of drug-likeness (QED) is 0.580. The first-order valence-electron chi connectivity index (χ1n) is 10.1. The Morgan fingerprint density at radius 2 is 2.00 bits per heavy atom. The summed E-state index contributed by atoms with van der Waals surface area (Å²) in [6.45, 7) is 3.86. The van der Waals surface area contributed by atoms with Crippen LogP contribution >= 0.6 is 0 Å². The maximum atomic E-state index is 13.5. The molecule has 0 saturated carbocycles. The van der Waals surface area contributed by atoms with E-state index in [-0.39, 0.29) is 24.4 Å². The lowest BCUT2D eigenvalue weighted by molar-refractivity contribution is 0.0535. The highest BCUT2D eigenvalue weighted by Crippen LogP contribution is 2.50. The van der Waals surface area contributed by atoms with Crippen molar-refractivity contribution in [1.82, 2.24) is 20.6 Å². The summed E-state index contributed by atoms with van der Waals surface area (Å²) >= 11 is 0. The van der Waals surface area contributed by atoms with E-state index in [1.54, 1.807) is 12.1 Å². The van der Waals surface area contributed by atoms with Crippen molar-refractivity contribution >= 4 is 11.4 Å². The van der Waals surface area contributed by atoms with Gasteiger partial charge in [-0.3, -0.25) is 4.79 Å². The SMILES string of the molecule is CC1(C)C2=C(C(=O)c3ccc(OC[C@H](O)CO)cc31)c1ccc(-c3nn[nH]n3)cc1C2. The van der Waals surface area contributed by atoms with Gasteiger partial charge < -0.3 is 14.9 Å². The Labute approximate surface area is 178 Å². The molecule has 3 aromatic rings. The number of aromatic amines is 1. The second kappa shape index (κ2) is 7.11. The molecule has 8 nitrogen and oxygen atoms in total. The smallest absolute Gasteiger partial charge is 0.204 e. The molecule has 0 saturated heterocycles. The number of ketones is 1. The molecule has 1 aromatic heterocycles. The topological polar surface area (TPSA) is 121 Å². The van der Waals surface area contributed by atoms with Crippen LogP contribution in [0.1, 0.15) is 40.9 Å². The van der Waals surface area contributed by atoms with E-state index >= 15 is 0 Å². The van der Waals surface area contributed by atoms with Gasteiger partial charge in [0.05, 0.1) is 6.61 Å². The molecule has 0 bridgehead atoms. The highest BCUT2D eigenvalue weighted by atomic mass is 16.5. The molecule has 0 amide bonds. The number of hydrogen-bond donors (Lipinski definition) is 3. The van der Waals surface area contributed by atoms with Crippen LogP contribution in [0.25, 0.3) is 17.0 Å². The van der Waals surface area contributed by atoms with E-state index in [1.807, 2.05) is 24.3 Å². The third-order valence-electron chi connectivity index (χ3n) is 6.19. The van der Waals surface area contributed by atoms with Gasteiger partial charge >= 0.3 is 0 Å². The number of Topliss-reactive ketones (excluding diaryl/α,β-unsaturated/α-hetero) is 1. The van der Waals surface area contributed by atoms with E-state index in [0.717, 1.165) is 33.4 Å². The minimum atomic E-state index is -0.947. The molecule has 2 aliphatic carbocycles. The number of aliphatic hydroxyl groups is 2. The van der Waals surface area contributed by atoms with Gasteiger partial charge in [-0.1, -0.05) is 26.0 Å². The van der Waals surface area contributed by atoms with E-state index in [4.69, 9.17) is 9.84 Å². The largest absolute Gasteiger partial charge is 0.491 e. The average molecular weight is 418 g/mol. The number of ether oxygens (including phenoxy) is 1. The highest BCUT2D eigenvalue weighted by Gasteiger charge is 2.43. The Bertz CT molecular complexity index is 1210. The van der Waals surface area contributed by atoms with Gasteiger partial charge in [0.1, 0.15) is 18.5 Å². The number of allylic oxidation sites excluding steroid dienone is 2. The molecule has 0 aliphatic heterocycles. The zero-order valence-electron chi connectivity index (χ0n) is 17.2. The lowest BCUT2D eigenvalue weighted by atomic mass is 9.68. The predicted octanol–water partition coefficient (Wildman–Crippen LogP) is 2.08. The van der Waals surface area contributed by atoms with Crippen LogP contribution in [0.2, 0.25) is 0 Å². The predicted molar refractivity (Wildman–Crippen MR) is 113 cm³/mol. The molecule has 8 heteroatoms. The fourth-order valence-corrected chi connectivity index (χ4v) is 4.51. The first kappa shape index (κ1) is 19.6. The summed E-state index contributed by atoms with van der Waals surface area (Å²) in [5, 5.41) is 32.8. The van der Waals surface area contributed by atoms with Gasteiger partial charge in [-0.05, 0) is 58.2 Å². The number of rotatable bonds is 5. The van der Waals surface area contributed by atoms with Crippen LogP contribution in [0, 0.1) is 0 Å². The molecule has 0 unspecified atom stereocenters. The molecule has 2 aromatic carbocycles. The van der Waals surface area contributed by atoms with Gasteiger partial charge in [-0.15, -0.1) is 10.2 Å². The van der Waals surface area contributed by atoms with Crippen LogP contribution in [-0.4, -0.2) is 55.9 Å². The van der Waals surface area contributed by atoms with Gasteiger partial charge in [0, 0.05) is 22.1 Å². The summed E-state index contributed by atoms with van der Waals surface area (Å²) in [4.78, 5) is 13.5. The molecule has 31 heavy (non-hydrogen) atoms. The fraction of sp³-hybridized carbons (Fsp3) is 0.304. The summed E-state index contributed by atoms with van der Waals surface area (Å²) in [5.41, 5.74) is 5.93. The fourth-order valence-electron chi connectivity index (χ4n) is 4.51. The Morgan fingerprint density at radius 3 is 2.74 bits per heavy atom. The molecule has 0 fully saturated rings. The minimum Gasteiger partial charge on any atom is -0.491 e. The van der Waals surface area contributed by atoms with Crippen molar-refractivity contribution in [2.24, 2.45) is 0 Å². The standard InChI is InChI=1S/C23H22N4O4/c1-23(2)18-9-15(31-11-14(29)10-28)4-6-17(18)21(30)20-16-5-3-12(22-24-26-27-25-22)7-13(16)8-19(20)23/h3-7,9,14,28-29H,8,10-11H2,1-2H3,(H,24,25,26,27)/t14-/m1/s1. The number of hydrogen-bond acceptors (Lipinski definition) is 7. The molecule has 5 rings (SSSR count). The normalized spacial score (nSPS) is 17.2. The third-order valence-corrected chi connectivity index (χ3v) is 6.19. The number of nitrogens with zero attached hydrogens (tertiary/aromatic N) is 3. The number of tetrazole rings is 1. The Kier molecular flexibility index (Phi) is 4.49. The number of carbonyl (C=O) groups excluding carboxylic acids is 1. The average Bonchev–Trinajstić information content (AvgIpc) is 3.44. The molecule has 158 valence electrons. The zero-order chi connectivity index (χ0) is 21.8. The van der Waals surface area contributed by atoms with Gasteiger partial charge in [0.2, 0.25) is 5.82 Å². The lowest BCUT2D eigenvalue weighted by Gasteiger charge is -2.34. The number of H-pyrrole nitrogens is 1. The molecular weight excluding hydrogens is 396 g/mol. The van der Waals surface area contributed by atoms with Crippen molar-refractivity contribution < 1.29 is 19.7 Å². The summed E-state index contributed by atoms with van der Waals surface area (Å²) < 4.78 is 5.62. The van der Waals surface area contributed by atoms with Gasteiger partial charge in [0.25, 0.3) is 0 Å². The van der Waals surface area contributed by atoms with E-state index in [9.17, 15) is 9.90 Å². The summed E-state index contributed by atoms with van der Waals surface area (Å²) in [6.07, 6.45) is -0.277. The van der Waals surface area contributed by atoms with Crippen molar-refractivity contribution in [2.75, 3.05) is 13.2 Å². The van der Waals surface area contributed by atoms with E-state index in [1.165, 1.54) is 0 Å². The van der Waals surface area contributed by atoms with E-state index in [0.29, 0.717) is 23.6 Å². The number of nitrogens with one attached hydrogen (secondary N) is 1. The van der Waals surface area contributed by atoms with Gasteiger partial charge in [-0.2, -0.15) is 5.21 Å². The van der Waals surface area contributed by atoms with Crippen LogP contribution in [0.5, 0.6) is 5.75 Å². The third kappa shape index (κ3) is 3.07. The molecule has 3 N–H and O–H groups in total. The van der Waals surface area contributed by atoms with E-state index in [2.05, 4.69) is 34.5 Å². The minimum absolute atomic E-state index is 0.0114.